The van der Waals surface area contributed by atoms with Crippen LogP contribution in [0.2, 0.25) is 0 Å². The van der Waals surface area contributed by atoms with E-state index in [0.29, 0.717) is 13.0 Å². The van der Waals surface area contributed by atoms with E-state index in [1.165, 1.54) is 16.3 Å². The lowest BCUT2D eigenvalue weighted by Gasteiger charge is -2.29. The lowest BCUT2D eigenvalue weighted by molar-refractivity contribution is -0.135. The van der Waals surface area contributed by atoms with Gasteiger partial charge in [-0.15, -0.1) is 12.4 Å². The summed E-state index contributed by atoms with van der Waals surface area (Å²) < 4.78 is 0. The molecule has 2 N–H and O–H groups in total. The van der Waals surface area contributed by atoms with Crippen LogP contribution in [-0.2, 0) is 11.2 Å². The number of carbonyl (C=O) groups is 1. The molecule has 4 heteroatoms. The number of halogens is 1. The van der Waals surface area contributed by atoms with E-state index in [0.717, 1.165) is 12.8 Å². The zero-order chi connectivity index (χ0) is 16.2. The van der Waals surface area contributed by atoms with Crippen LogP contribution in [-0.4, -0.2) is 29.9 Å². The molecule has 2 aromatic carbocycles. The average Bonchev–Trinajstić information content (AvgIpc) is 2.51. The van der Waals surface area contributed by atoms with Gasteiger partial charge in [0, 0.05) is 13.6 Å². The number of amides is 1. The van der Waals surface area contributed by atoms with Gasteiger partial charge in [0.1, 0.15) is 0 Å². The van der Waals surface area contributed by atoms with Gasteiger partial charge < -0.3 is 10.6 Å². The Labute approximate surface area is 145 Å². The summed E-state index contributed by atoms with van der Waals surface area (Å²) in [5.74, 6) is 0.0228. The van der Waals surface area contributed by atoms with Gasteiger partial charge in [0.15, 0.2) is 0 Å². The standard InChI is InChI=1S/C19H26N2O.ClH/c1-4-13-19(2,20)18(22)21(3)14-12-16-10-7-9-15-8-5-6-11-17(15)16;/h5-11H,4,12-14,20H2,1-3H3;1H. The first-order valence-corrected chi connectivity index (χ1v) is 7.97. The zero-order valence-electron chi connectivity index (χ0n) is 14.2. The number of nitrogens with zero attached hydrogens (tertiary/aromatic N) is 1. The number of nitrogens with two attached hydrogens (primary N) is 1. The van der Waals surface area contributed by atoms with Crippen molar-refractivity contribution in [2.75, 3.05) is 13.6 Å². The van der Waals surface area contributed by atoms with E-state index in [2.05, 4.69) is 43.3 Å². The Morgan fingerprint density at radius 1 is 1.17 bits per heavy atom. The highest BCUT2D eigenvalue weighted by molar-refractivity contribution is 5.87. The number of benzene rings is 2. The summed E-state index contributed by atoms with van der Waals surface area (Å²) in [6.45, 7) is 4.56. The van der Waals surface area contributed by atoms with Gasteiger partial charge in [0.05, 0.1) is 5.54 Å². The molecule has 23 heavy (non-hydrogen) atoms. The van der Waals surface area contributed by atoms with Crippen LogP contribution in [0.5, 0.6) is 0 Å². The van der Waals surface area contributed by atoms with Gasteiger partial charge in [-0.3, -0.25) is 4.79 Å². The smallest absolute Gasteiger partial charge is 0.242 e. The van der Waals surface area contributed by atoms with Gasteiger partial charge in [-0.25, -0.2) is 0 Å². The summed E-state index contributed by atoms with van der Waals surface area (Å²) in [4.78, 5) is 14.2. The van der Waals surface area contributed by atoms with Gasteiger partial charge in [-0.2, -0.15) is 0 Å². The molecule has 2 rings (SSSR count). The van der Waals surface area contributed by atoms with E-state index in [1.807, 2.05) is 20.0 Å². The third-order valence-electron chi connectivity index (χ3n) is 4.20. The molecular formula is C19H27ClN2O. The molecule has 0 heterocycles. The molecule has 1 amide bonds. The molecular weight excluding hydrogens is 308 g/mol. The molecule has 0 saturated heterocycles. The first-order valence-electron chi connectivity index (χ1n) is 7.97. The monoisotopic (exact) mass is 334 g/mol. The Morgan fingerprint density at radius 3 is 2.52 bits per heavy atom. The van der Waals surface area contributed by atoms with Crippen molar-refractivity contribution in [1.82, 2.24) is 4.90 Å². The predicted octanol–water partition coefficient (Wildman–Crippen LogP) is 3.78. The number of carbonyl (C=O) groups excluding carboxylic acids is 1. The summed E-state index contributed by atoms with van der Waals surface area (Å²) in [6, 6.07) is 14.7. The third kappa shape index (κ3) is 4.69. The van der Waals surface area contributed by atoms with E-state index in [9.17, 15) is 4.79 Å². The van der Waals surface area contributed by atoms with Crippen LogP contribution in [0.4, 0.5) is 0 Å². The van der Waals surface area contributed by atoms with Crippen molar-refractivity contribution < 1.29 is 4.79 Å². The Bertz CT molecular complexity index is 649. The van der Waals surface area contributed by atoms with Gasteiger partial charge in [-0.05, 0) is 36.1 Å². The van der Waals surface area contributed by atoms with Crippen molar-refractivity contribution in [3.05, 3.63) is 48.0 Å². The number of rotatable bonds is 6. The van der Waals surface area contributed by atoms with Crippen LogP contribution in [0.1, 0.15) is 32.3 Å². The third-order valence-corrected chi connectivity index (χ3v) is 4.20. The summed E-state index contributed by atoms with van der Waals surface area (Å²) in [7, 11) is 1.84. The average molecular weight is 335 g/mol. The molecule has 0 spiro atoms. The van der Waals surface area contributed by atoms with Crippen LogP contribution in [0.25, 0.3) is 10.8 Å². The Kier molecular flexibility index (Phi) is 7.04. The van der Waals surface area contributed by atoms with E-state index < -0.39 is 5.54 Å². The Hall–Kier alpha value is -1.58. The van der Waals surface area contributed by atoms with Crippen LogP contribution in [0, 0.1) is 0 Å². The second-order valence-electron chi connectivity index (χ2n) is 6.28. The molecule has 0 fully saturated rings. The Balaban J connectivity index is 0.00000264. The molecule has 0 radical (unpaired) electrons. The van der Waals surface area contributed by atoms with Gasteiger partial charge in [0.25, 0.3) is 0 Å². The van der Waals surface area contributed by atoms with Crippen LogP contribution < -0.4 is 5.73 Å². The van der Waals surface area contributed by atoms with Gasteiger partial charge >= 0.3 is 0 Å². The minimum absolute atomic E-state index is 0. The fraction of sp³-hybridized carbons (Fsp3) is 0.421. The van der Waals surface area contributed by atoms with Crippen molar-refractivity contribution in [3.8, 4) is 0 Å². The molecule has 1 atom stereocenters. The predicted molar refractivity (Wildman–Crippen MR) is 100 cm³/mol. The lowest BCUT2D eigenvalue weighted by Crippen LogP contribution is -2.52. The fourth-order valence-corrected chi connectivity index (χ4v) is 2.96. The summed E-state index contributed by atoms with van der Waals surface area (Å²) in [6.07, 6.45) is 2.46. The molecule has 126 valence electrons. The minimum atomic E-state index is -0.762. The fourth-order valence-electron chi connectivity index (χ4n) is 2.96. The molecule has 1 unspecified atom stereocenters. The number of likely N-dealkylation sites (N-methyl/N-ethyl adjacent to an activating group) is 1. The maximum absolute atomic E-state index is 12.4. The highest BCUT2D eigenvalue weighted by atomic mass is 35.5. The maximum Gasteiger partial charge on any atom is 0.242 e. The molecule has 2 aromatic rings. The summed E-state index contributed by atoms with van der Waals surface area (Å²) in [5.41, 5.74) is 6.65. The van der Waals surface area contributed by atoms with Gasteiger partial charge in [0.2, 0.25) is 5.91 Å². The van der Waals surface area contributed by atoms with Crippen molar-refractivity contribution in [2.24, 2.45) is 5.73 Å². The quantitative estimate of drug-likeness (QED) is 0.873. The summed E-state index contributed by atoms with van der Waals surface area (Å²) in [5, 5.41) is 2.50. The molecule has 0 aliphatic heterocycles. The number of fused-ring (bicyclic) bond motifs is 1. The summed E-state index contributed by atoms with van der Waals surface area (Å²) >= 11 is 0. The topological polar surface area (TPSA) is 46.3 Å². The highest BCUT2D eigenvalue weighted by Crippen LogP contribution is 2.19. The first kappa shape index (κ1) is 19.5. The van der Waals surface area contributed by atoms with E-state index in [1.54, 1.807) is 4.90 Å². The van der Waals surface area contributed by atoms with Crippen molar-refractivity contribution >= 4 is 29.1 Å². The second kappa shape index (κ2) is 8.32. The largest absolute Gasteiger partial charge is 0.344 e. The first-order chi connectivity index (χ1) is 10.5. The number of hydrogen-bond acceptors (Lipinski definition) is 2. The zero-order valence-corrected chi connectivity index (χ0v) is 15.0. The van der Waals surface area contributed by atoms with Crippen molar-refractivity contribution in [2.45, 2.75) is 38.6 Å². The van der Waals surface area contributed by atoms with Crippen molar-refractivity contribution in [3.63, 3.8) is 0 Å². The molecule has 0 aromatic heterocycles. The molecule has 3 nitrogen and oxygen atoms in total. The number of hydrogen-bond donors (Lipinski definition) is 1. The lowest BCUT2D eigenvalue weighted by atomic mass is 9.95. The SMILES string of the molecule is CCCC(C)(N)C(=O)N(C)CCc1cccc2ccccc12.Cl. The van der Waals surface area contributed by atoms with Crippen LogP contribution in [0.15, 0.2) is 42.5 Å². The Morgan fingerprint density at radius 2 is 1.83 bits per heavy atom. The molecule has 0 aliphatic carbocycles. The molecule has 0 bridgehead atoms. The van der Waals surface area contributed by atoms with E-state index >= 15 is 0 Å². The second-order valence-corrected chi connectivity index (χ2v) is 6.28. The van der Waals surface area contributed by atoms with E-state index in [-0.39, 0.29) is 18.3 Å². The van der Waals surface area contributed by atoms with Gasteiger partial charge in [-0.1, -0.05) is 55.8 Å². The molecule has 0 saturated carbocycles. The molecule has 0 aliphatic rings. The highest BCUT2D eigenvalue weighted by Gasteiger charge is 2.29. The van der Waals surface area contributed by atoms with Crippen molar-refractivity contribution in [1.29, 1.82) is 0 Å². The minimum Gasteiger partial charge on any atom is -0.344 e. The van der Waals surface area contributed by atoms with Crippen LogP contribution >= 0.6 is 12.4 Å². The maximum atomic E-state index is 12.4. The van der Waals surface area contributed by atoms with E-state index in [4.69, 9.17) is 5.73 Å². The normalized spacial score (nSPS) is 13.2. The van der Waals surface area contributed by atoms with Crippen LogP contribution in [0.3, 0.4) is 0 Å².